The molecule has 7 heterocycles. The van der Waals surface area contributed by atoms with Crippen molar-refractivity contribution in [3.05, 3.63) is 101 Å². The topological polar surface area (TPSA) is 73.5 Å². The molecule has 3 aliphatic heterocycles. The fourth-order valence-electron chi connectivity index (χ4n) is 5.75. The Kier molecular flexibility index (Phi) is 8.19. The number of nitrogens with zero attached hydrogens (tertiary/aromatic N) is 4. The zero-order chi connectivity index (χ0) is 28.0. The highest BCUT2D eigenvalue weighted by atomic mass is 15.1. The molecule has 208 valence electrons. The summed E-state index contributed by atoms with van der Waals surface area (Å²) in [5, 5.41) is 0. The maximum atomic E-state index is 4.77. The molecule has 1 fully saturated rings. The van der Waals surface area contributed by atoms with Crippen molar-refractivity contribution in [1.82, 2.24) is 29.8 Å². The van der Waals surface area contributed by atoms with Crippen LogP contribution in [0, 0.1) is 0 Å². The predicted molar refractivity (Wildman–Crippen MR) is 171 cm³/mol. The van der Waals surface area contributed by atoms with Crippen LogP contribution < -0.4 is 0 Å². The van der Waals surface area contributed by atoms with E-state index in [1.807, 2.05) is 18.5 Å². The molecule has 1 saturated heterocycles. The first-order valence-corrected chi connectivity index (χ1v) is 14.8. The van der Waals surface area contributed by atoms with E-state index in [4.69, 9.17) is 9.97 Å². The van der Waals surface area contributed by atoms with E-state index in [1.54, 1.807) is 0 Å². The number of unbranched alkanes of at least 4 members (excludes halogenated alkanes) is 2. The van der Waals surface area contributed by atoms with E-state index < -0.39 is 0 Å². The smallest absolute Gasteiger partial charge is 0.0658 e. The van der Waals surface area contributed by atoms with Crippen molar-refractivity contribution in [2.45, 2.75) is 51.5 Å². The lowest BCUT2D eigenvalue weighted by Gasteiger charge is -2.18. The standard InChI is InChI=1S/C25H24N4.C10H14N2/c1-2-3-4-5-17-12-24-15-22-9-8-20(27-22)13-18-6-7-19(26-18)14-21-10-11-23(28-21)16-25(17)29-24;1-12-7-3-5-10(12)9-4-2-6-11-8-9/h6-16,26,29H,2-5H2,1H3;2,4,6,8,10H,3,5,7H2,1H3. The molecule has 0 aliphatic carbocycles. The van der Waals surface area contributed by atoms with Crippen LogP contribution in [0.1, 0.15) is 79.0 Å². The second-order valence-corrected chi connectivity index (χ2v) is 11.1. The predicted octanol–water partition coefficient (Wildman–Crippen LogP) is 8.24. The Morgan fingerprint density at radius 1 is 0.805 bits per heavy atom. The van der Waals surface area contributed by atoms with Gasteiger partial charge in [0.15, 0.2) is 0 Å². The normalized spacial score (nSPS) is 16.1. The van der Waals surface area contributed by atoms with Crippen LogP contribution in [0.3, 0.4) is 0 Å². The molecule has 0 spiro atoms. The summed E-state index contributed by atoms with van der Waals surface area (Å²) in [5.74, 6) is 0. The molecular formula is C35H38N6. The Bertz CT molecular complexity index is 1710. The van der Waals surface area contributed by atoms with Crippen molar-refractivity contribution >= 4 is 46.4 Å². The molecule has 2 N–H and O–H groups in total. The number of H-pyrrole nitrogens is 2. The number of hydrogen-bond donors (Lipinski definition) is 2. The Labute approximate surface area is 241 Å². The molecule has 0 radical (unpaired) electrons. The van der Waals surface area contributed by atoms with Gasteiger partial charge in [-0.25, -0.2) is 9.97 Å². The first kappa shape index (κ1) is 26.9. The minimum atomic E-state index is 0.610. The van der Waals surface area contributed by atoms with E-state index in [9.17, 15) is 0 Å². The zero-order valence-corrected chi connectivity index (χ0v) is 24.0. The molecule has 8 bridgehead atoms. The maximum absolute atomic E-state index is 4.77. The Balaban J connectivity index is 0.000000210. The summed E-state index contributed by atoms with van der Waals surface area (Å²) in [7, 11) is 2.19. The maximum Gasteiger partial charge on any atom is 0.0658 e. The minimum absolute atomic E-state index is 0.610. The first-order valence-electron chi connectivity index (χ1n) is 14.8. The van der Waals surface area contributed by atoms with Crippen LogP contribution in [0.25, 0.3) is 46.4 Å². The largest absolute Gasteiger partial charge is 0.355 e. The van der Waals surface area contributed by atoms with E-state index in [-0.39, 0.29) is 0 Å². The first-order chi connectivity index (χ1) is 20.1. The number of pyridine rings is 1. The van der Waals surface area contributed by atoms with Crippen LogP contribution in [0.15, 0.2) is 67.0 Å². The van der Waals surface area contributed by atoms with E-state index in [0.717, 1.165) is 51.3 Å². The third-order valence-corrected chi connectivity index (χ3v) is 7.89. The highest BCUT2D eigenvalue weighted by Crippen LogP contribution is 2.29. The van der Waals surface area contributed by atoms with Gasteiger partial charge in [0.1, 0.15) is 0 Å². The van der Waals surface area contributed by atoms with Crippen molar-refractivity contribution in [2.75, 3.05) is 13.6 Å². The third-order valence-electron chi connectivity index (χ3n) is 7.89. The summed E-state index contributed by atoms with van der Waals surface area (Å²) in [6, 6.07) is 19.6. The van der Waals surface area contributed by atoms with Crippen LogP contribution in [0.5, 0.6) is 0 Å². The van der Waals surface area contributed by atoms with E-state index >= 15 is 0 Å². The lowest BCUT2D eigenvalue weighted by Crippen LogP contribution is -2.17. The summed E-state index contributed by atoms with van der Waals surface area (Å²) >= 11 is 0. The lowest BCUT2D eigenvalue weighted by molar-refractivity contribution is 0.317. The van der Waals surface area contributed by atoms with Crippen LogP contribution in [-0.4, -0.2) is 43.4 Å². The summed E-state index contributed by atoms with van der Waals surface area (Å²) < 4.78 is 0. The minimum Gasteiger partial charge on any atom is -0.355 e. The van der Waals surface area contributed by atoms with Crippen molar-refractivity contribution < 1.29 is 0 Å². The second-order valence-electron chi connectivity index (χ2n) is 11.1. The Morgan fingerprint density at radius 3 is 2.10 bits per heavy atom. The van der Waals surface area contributed by atoms with Gasteiger partial charge in [-0.15, -0.1) is 0 Å². The number of likely N-dealkylation sites (tertiary alicyclic amines) is 1. The highest BCUT2D eigenvalue weighted by molar-refractivity contribution is 5.78. The average Bonchev–Trinajstić information content (AvgIpc) is 3.81. The van der Waals surface area contributed by atoms with Gasteiger partial charge in [-0.2, -0.15) is 0 Å². The number of aromatic amines is 2. The number of nitrogens with one attached hydrogen (secondary N) is 2. The monoisotopic (exact) mass is 542 g/mol. The molecule has 6 nitrogen and oxygen atoms in total. The van der Waals surface area contributed by atoms with Crippen LogP contribution in [0.4, 0.5) is 0 Å². The summed E-state index contributed by atoms with van der Waals surface area (Å²) in [6.45, 7) is 3.46. The Hall–Kier alpha value is -4.29. The van der Waals surface area contributed by atoms with Crippen LogP contribution >= 0.6 is 0 Å². The fraction of sp³-hybridized carbons (Fsp3) is 0.286. The molecule has 6 heteroatoms. The van der Waals surface area contributed by atoms with Gasteiger partial charge in [0, 0.05) is 40.5 Å². The lowest BCUT2D eigenvalue weighted by atomic mass is 10.1. The number of fused-ring (bicyclic) bond motifs is 8. The van der Waals surface area contributed by atoms with Gasteiger partial charge in [-0.1, -0.05) is 25.8 Å². The molecule has 0 aromatic carbocycles. The van der Waals surface area contributed by atoms with Gasteiger partial charge in [-0.05, 0) is 123 Å². The Morgan fingerprint density at radius 2 is 1.49 bits per heavy atom. The second kappa shape index (κ2) is 12.5. The van der Waals surface area contributed by atoms with Crippen molar-refractivity contribution in [1.29, 1.82) is 0 Å². The van der Waals surface area contributed by atoms with E-state index in [0.29, 0.717) is 6.04 Å². The molecule has 0 amide bonds. The highest BCUT2D eigenvalue weighted by Gasteiger charge is 2.22. The van der Waals surface area contributed by atoms with Crippen molar-refractivity contribution in [3.8, 4) is 0 Å². The number of aromatic nitrogens is 5. The summed E-state index contributed by atoms with van der Waals surface area (Å²) in [5.41, 5.74) is 10.8. The average molecular weight is 543 g/mol. The molecule has 1 atom stereocenters. The molecule has 0 saturated carbocycles. The van der Waals surface area contributed by atoms with E-state index in [1.165, 1.54) is 49.8 Å². The van der Waals surface area contributed by atoms with Gasteiger partial charge >= 0.3 is 0 Å². The van der Waals surface area contributed by atoms with Crippen molar-refractivity contribution in [3.63, 3.8) is 0 Å². The number of hydrogen-bond acceptors (Lipinski definition) is 4. The molecule has 7 rings (SSSR count). The van der Waals surface area contributed by atoms with Crippen LogP contribution in [0.2, 0.25) is 0 Å². The number of aryl methyl sites for hydroxylation is 1. The van der Waals surface area contributed by atoms with Crippen LogP contribution in [-0.2, 0) is 6.42 Å². The summed E-state index contributed by atoms with van der Waals surface area (Å²) in [4.78, 5) is 23.0. The number of rotatable bonds is 5. The third kappa shape index (κ3) is 6.72. The van der Waals surface area contributed by atoms with Crippen molar-refractivity contribution in [2.24, 2.45) is 0 Å². The van der Waals surface area contributed by atoms with Gasteiger partial charge in [0.05, 0.1) is 22.8 Å². The molecule has 41 heavy (non-hydrogen) atoms. The van der Waals surface area contributed by atoms with Gasteiger partial charge < -0.3 is 9.97 Å². The molecular weight excluding hydrogens is 504 g/mol. The quantitative estimate of drug-likeness (QED) is 0.215. The zero-order valence-electron chi connectivity index (χ0n) is 24.0. The molecule has 4 aromatic rings. The fourth-order valence-corrected chi connectivity index (χ4v) is 5.75. The van der Waals surface area contributed by atoms with Gasteiger partial charge in [-0.3, -0.25) is 9.88 Å². The van der Waals surface area contributed by atoms with Gasteiger partial charge in [0.2, 0.25) is 0 Å². The van der Waals surface area contributed by atoms with Gasteiger partial charge in [0.25, 0.3) is 0 Å². The van der Waals surface area contributed by atoms with E-state index in [2.05, 4.69) is 107 Å². The molecule has 4 aromatic heterocycles. The SMILES string of the molecule is CCCCCc1cc2cc3nc(cc4ccc(cc5nc(cc1[nH]2)C=C5)[nH]4)C=C3.CN1CCCC1c1cccnc1. The summed E-state index contributed by atoms with van der Waals surface area (Å²) in [6.07, 6.45) is 19.4. The molecule has 3 aliphatic rings. The molecule has 1 unspecified atom stereocenters.